The molecule has 0 saturated heterocycles. The summed E-state index contributed by atoms with van der Waals surface area (Å²) in [7, 11) is -3.50. The Labute approximate surface area is 209 Å². The number of carbonyl (C=O) groups excluding carboxylic acids is 2. The van der Waals surface area contributed by atoms with E-state index in [1.807, 2.05) is 30.3 Å². The molecule has 7 nitrogen and oxygen atoms in total. The zero-order valence-electron chi connectivity index (χ0n) is 20.7. The van der Waals surface area contributed by atoms with Crippen molar-refractivity contribution in [2.75, 3.05) is 6.54 Å². The molecular weight excluding hydrogens is 462 g/mol. The summed E-state index contributed by atoms with van der Waals surface area (Å²) >= 11 is 0. The lowest BCUT2D eigenvalue weighted by Gasteiger charge is -2.29. The first kappa shape index (κ1) is 26.9. The number of sulfonamides is 1. The SMILES string of the molecule is CCCCCNC(=O)[C@H](C)N(Cc1ccccc1)C(=O)CCc1ccc(S(=O)(=O)NC2CC2)cc1. The number of hydrogen-bond donors (Lipinski definition) is 2. The fourth-order valence-electron chi connectivity index (χ4n) is 3.82. The molecule has 35 heavy (non-hydrogen) atoms. The van der Waals surface area contributed by atoms with Crippen LogP contribution >= 0.6 is 0 Å². The number of hydrogen-bond acceptors (Lipinski definition) is 4. The number of unbranched alkanes of at least 4 members (excludes halogenated alkanes) is 2. The summed E-state index contributed by atoms with van der Waals surface area (Å²) in [5.74, 6) is -0.264. The van der Waals surface area contributed by atoms with Crippen LogP contribution in [-0.2, 0) is 32.6 Å². The predicted octanol–water partition coefficient (Wildman–Crippen LogP) is 3.78. The number of carbonyl (C=O) groups is 2. The first-order chi connectivity index (χ1) is 16.8. The highest BCUT2D eigenvalue weighted by atomic mass is 32.2. The Morgan fingerprint density at radius 3 is 2.31 bits per heavy atom. The van der Waals surface area contributed by atoms with E-state index in [0.717, 1.165) is 43.2 Å². The molecule has 8 heteroatoms. The number of benzene rings is 2. The van der Waals surface area contributed by atoms with Crippen molar-refractivity contribution in [3.63, 3.8) is 0 Å². The van der Waals surface area contributed by atoms with E-state index in [1.165, 1.54) is 0 Å². The first-order valence-electron chi connectivity index (χ1n) is 12.5. The lowest BCUT2D eigenvalue weighted by molar-refractivity contribution is -0.140. The van der Waals surface area contributed by atoms with E-state index in [-0.39, 0.29) is 29.2 Å². The summed E-state index contributed by atoms with van der Waals surface area (Å²) in [5.41, 5.74) is 1.84. The molecule has 2 aromatic rings. The van der Waals surface area contributed by atoms with Crippen LogP contribution in [0.25, 0.3) is 0 Å². The molecule has 1 atom stereocenters. The number of nitrogens with zero attached hydrogens (tertiary/aromatic N) is 1. The normalized spacial score (nSPS) is 14.3. The molecule has 0 aromatic heterocycles. The fraction of sp³-hybridized carbons (Fsp3) is 0.481. The van der Waals surface area contributed by atoms with Crippen molar-refractivity contribution in [1.29, 1.82) is 0 Å². The number of nitrogens with one attached hydrogen (secondary N) is 2. The maximum Gasteiger partial charge on any atom is 0.242 e. The highest BCUT2D eigenvalue weighted by molar-refractivity contribution is 7.89. The summed E-state index contributed by atoms with van der Waals surface area (Å²) in [4.78, 5) is 27.9. The Hall–Kier alpha value is -2.71. The van der Waals surface area contributed by atoms with Gasteiger partial charge in [0.1, 0.15) is 6.04 Å². The summed E-state index contributed by atoms with van der Waals surface area (Å²) < 4.78 is 27.4. The Morgan fingerprint density at radius 1 is 1.00 bits per heavy atom. The molecule has 0 aliphatic heterocycles. The Kier molecular flexibility index (Phi) is 9.86. The second-order valence-corrected chi connectivity index (χ2v) is 10.9. The minimum absolute atomic E-state index is 0.0544. The van der Waals surface area contributed by atoms with Crippen LogP contribution in [0.15, 0.2) is 59.5 Å². The standard InChI is InChI=1S/C27H37N3O4S/c1-3-4-8-19-28-27(32)21(2)30(20-23-9-6-5-7-10-23)26(31)18-13-22-11-16-25(17-12-22)35(33,34)29-24-14-15-24/h5-7,9-12,16-17,21,24,29H,3-4,8,13-15,18-20H2,1-2H3,(H,28,32)/t21-/m0/s1. The summed E-state index contributed by atoms with van der Waals surface area (Å²) in [6.45, 7) is 4.84. The average molecular weight is 500 g/mol. The highest BCUT2D eigenvalue weighted by Gasteiger charge is 2.28. The molecule has 0 heterocycles. The van der Waals surface area contributed by atoms with Gasteiger partial charge >= 0.3 is 0 Å². The molecule has 1 aliphatic carbocycles. The van der Waals surface area contributed by atoms with E-state index < -0.39 is 16.1 Å². The monoisotopic (exact) mass is 499 g/mol. The van der Waals surface area contributed by atoms with Crippen molar-refractivity contribution >= 4 is 21.8 Å². The number of amides is 2. The minimum Gasteiger partial charge on any atom is -0.354 e. The highest BCUT2D eigenvalue weighted by Crippen LogP contribution is 2.22. The van der Waals surface area contributed by atoms with Crippen molar-refractivity contribution in [2.24, 2.45) is 0 Å². The van der Waals surface area contributed by atoms with E-state index in [2.05, 4.69) is 17.0 Å². The van der Waals surface area contributed by atoms with Crippen LogP contribution in [0.3, 0.4) is 0 Å². The van der Waals surface area contributed by atoms with Crippen molar-refractivity contribution in [1.82, 2.24) is 14.9 Å². The van der Waals surface area contributed by atoms with Crippen LogP contribution in [0.4, 0.5) is 0 Å². The van der Waals surface area contributed by atoms with Gasteiger partial charge in [-0.1, -0.05) is 62.2 Å². The van der Waals surface area contributed by atoms with E-state index in [4.69, 9.17) is 0 Å². The van der Waals surface area contributed by atoms with Crippen LogP contribution in [0.1, 0.15) is 63.5 Å². The average Bonchev–Trinajstić information content (AvgIpc) is 3.67. The molecule has 1 aliphatic rings. The van der Waals surface area contributed by atoms with Gasteiger partial charge in [0.05, 0.1) is 4.90 Å². The summed E-state index contributed by atoms with van der Waals surface area (Å²) in [6.07, 6.45) is 5.51. The second-order valence-electron chi connectivity index (χ2n) is 9.22. The molecule has 2 N–H and O–H groups in total. The van der Waals surface area contributed by atoms with E-state index in [1.54, 1.807) is 36.1 Å². The summed E-state index contributed by atoms with van der Waals surface area (Å²) in [6, 6.07) is 15.8. The van der Waals surface area contributed by atoms with Crippen LogP contribution in [0.5, 0.6) is 0 Å². The molecular formula is C27H37N3O4S. The van der Waals surface area contributed by atoms with Gasteiger partial charge in [-0.25, -0.2) is 13.1 Å². The van der Waals surface area contributed by atoms with Gasteiger partial charge in [0.25, 0.3) is 0 Å². The smallest absolute Gasteiger partial charge is 0.242 e. The Morgan fingerprint density at radius 2 is 1.69 bits per heavy atom. The molecule has 0 bridgehead atoms. The third kappa shape index (κ3) is 8.47. The largest absolute Gasteiger partial charge is 0.354 e. The van der Waals surface area contributed by atoms with Gasteiger partial charge < -0.3 is 10.2 Å². The zero-order chi connectivity index (χ0) is 25.3. The van der Waals surface area contributed by atoms with Crippen LogP contribution in [0.2, 0.25) is 0 Å². The topological polar surface area (TPSA) is 95.6 Å². The van der Waals surface area contributed by atoms with E-state index in [9.17, 15) is 18.0 Å². The van der Waals surface area contributed by atoms with Crippen molar-refractivity contribution in [3.05, 3.63) is 65.7 Å². The molecule has 0 radical (unpaired) electrons. The van der Waals surface area contributed by atoms with Crippen molar-refractivity contribution in [3.8, 4) is 0 Å². The van der Waals surface area contributed by atoms with Gasteiger partial charge in [0, 0.05) is 25.6 Å². The molecule has 1 fully saturated rings. The van der Waals surface area contributed by atoms with Gasteiger partial charge in [-0.15, -0.1) is 0 Å². The lowest BCUT2D eigenvalue weighted by Crippen LogP contribution is -2.47. The van der Waals surface area contributed by atoms with Gasteiger partial charge in [-0.3, -0.25) is 9.59 Å². The molecule has 0 spiro atoms. The van der Waals surface area contributed by atoms with Crippen LogP contribution in [-0.4, -0.2) is 43.8 Å². The third-order valence-electron chi connectivity index (χ3n) is 6.20. The van der Waals surface area contributed by atoms with Gasteiger partial charge in [-0.2, -0.15) is 0 Å². The number of rotatable bonds is 14. The molecule has 2 aromatic carbocycles. The van der Waals surface area contributed by atoms with Crippen molar-refractivity contribution < 1.29 is 18.0 Å². The zero-order valence-corrected chi connectivity index (χ0v) is 21.5. The van der Waals surface area contributed by atoms with Gasteiger partial charge in [0.2, 0.25) is 21.8 Å². The maximum atomic E-state index is 13.2. The molecule has 1 saturated carbocycles. The summed E-state index contributed by atoms with van der Waals surface area (Å²) in [5, 5.41) is 2.95. The predicted molar refractivity (Wildman–Crippen MR) is 137 cm³/mol. The maximum absolute atomic E-state index is 13.2. The van der Waals surface area contributed by atoms with Crippen molar-refractivity contribution in [2.45, 2.75) is 82.3 Å². The molecule has 2 amide bonds. The second kappa shape index (κ2) is 12.8. The van der Waals surface area contributed by atoms with Gasteiger partial charge in [0.15, 0.2) is 0 Å². The van der Waals surface area contributed by atoms with E-state index in [0.29, 0.717) is 19.5 Å². The quantitative estimate of drug-likeness (QED) is 0.387. The molecule has 0 unspecified atom stereocenters. The first-order valence-corrected chi connectivity index (χ1v) is 14.0. The fourth-order valence-corrected chi connectivity index (χ4v) is 5.12. The number of aryl methyl sites for hydroxylation is 1. The van der Waals surface area contributed by atoms with Gasteiger partial charge in [-0.05, 0) is 55.9 Å². The Bertz CT molecular complexity index is 1070. The van der Waals surface area contributed by atoms with Crippen LogP contribution in [0, 0.1) is 0 Å². The Balaban J connectivity index is 1.62. The molecule has 190 valence electrons. The molecule has 3 rings (SSSR count). The van der Waals surface area contributed by atoms with Crippen LogP contribution < -0.4 is 10.0 Å². The van der Waals surface area contributed by atoms with E-state index >= 15 is 0 Å². The lowest BCUT2D eigenvalue weighted by atomic mass is 10.1. The minimum atomic E-state index is -3.50. The third-order valence-corrected chi connectivity index (χ3v) is 7.74.